The number of carbonyl (C=O) groups is 1. The normalized spacial score (nSPS) is 11.2. The molecule has 0 amide bonds. The molecule has 0 unspecified atom stereocenters. The van der Waals surface area contributed by atoms with Crippen molar-refractivity contribution in [2.24, 2.45) is 0 Å². The fraction of sp³-hybridized carbons (Fsp3) is 0.158. The lowest BCUT2D eigenvalue weighted by Gasteiger charge is -2.16. The van der Waals surface area contributed by atoms with Crippen molar-refractivity contribution in [2.75, 3.05) is 14.2 Å². The highest BCUT2D eigenvalue weighted by atomic mass is 16.7. The van der Waals surface area contributed by atoms with E-state index in [0.29, 0.717) is 11.1 Å². The Kier molecular flexibility index (Phi) is 4.65. The number of methoxy groups -OCH3 is 2. The molecule has 0 spiro atoms. The number of rotatable bonds is 5. The van der Waals surface area contributed by atoms with E-state index in [2.05, 4.69) is 0 Å². The van der Waals surface area contributed by atoms with Gasteiger partial charge in [-0.1, -0.05) is 42.5 Å². The first kappa shape index (κ1) is 16.9. The molecule has 6 nitrogen and oxygen atoms in total. The largest absolute Gasteiger partial charge is 0.477 e. The van der Waals surface area contributed by atoms with E-state index in [-0.39, 0.29) is 16.7 Å². The highest BCUT2D eigenvalue weighted by Crippen LogP contribution is 2.31. The average Bonchev–Trinajstić information content (AvgIpc) is 2.63. The average molecular weight is 340 g/mol. The van der Waals surface area contributed by atoms with Crippen LogP contribution in [0.15, 0.2) is 57.7 Å². The van der Waals surface area contributed by atoms with Crippen LogP contribution in [0.5, 0.6) is 0 Å². The van der Waals surface area contributed by atoms with E-state index < -0.39 is 23.3 Å². The third-order valence-electron chi connectivity index (χ3n) is 3.88. The van der Waals surface area contributed by atoms with Crippen molar-refractivity contribution in [1.82, 2.24) is 0 Å². The molecule has 2 aromatic carbocycles. The number of hydrogen-bond donors (Lipinski definition) is 1. The molecule has 0 bridgehead atoms. The Hall–Kier alpha value is -2.96. The van der Waals surface area contributed by atoms with Crippen LogP contribution in [0.2, 0.25) is 0 Å². The van der Waals surface area contributed by atoms with Crippen LogP contribution in [0.3, 0.4) is 0 Å². The quantitative estimate of drug-likeness (QED) is 0.716. The third-order valence-corrected chi connectivity index (χ3v) is 3.88. The van der Waals surface area contributed by atoms with Crippen molar-refractivity contribution in [3.8, 4) is 11.3 Å². The van der Waals surface area contributed by atoms with Gasteiger partial charge < -0.3 is 19.0 Å². The van der Waals surface area contributed by atoms with Crippen molar-refractivity contribution in [3.63, 3.8) is 0 Å². The van der Waals surface area contributed by atoms with Crippen LogP contribution in [0, 0.1) is 0 Å². The van der Waals surface area contributed by atoms with Gasteiger partial charge in [0.25, 0.3) is 0 Å². The van der Waals surface area contributed by atoms with E-state index in [4.69, 9.17) is 13.9 Å². The van der Waals surface area contributed by atoms with Gasteiger partial charge in [-0.05, 0) is 6.07 Å². The van der Waals surface area contributed by atoms with Gasteiger partial charge in [-0.3, -0.25) is 4.79 Å². The van der Waals surface area contributed by atoms with Crippen LogP contribution in [-0.2, 0) is 9.47 Å². The molecule has 0 atom stereocenters. The van der Waals surface area contributed by atoms with Crippen LogP contribution in [0.4, 0.5) is 0 Å². The van der Waals surface area contributed by atoms with E-state index in [1.54, 1.807) is 42.5 Å². The number of benzene rings is 2. The molecule has 1 heterocycles. The van der Waals surface area contributed by atoms with Crippen molar-refractivity contribution in [1.29, 1.82) is 0 Å². The summed E-state index contributed by atoms with van der Waals surface area (Å²) in [4.78, 5) is 24.5. The van der Waals surface area contributed by atoms with Gasteiger partial charge in [0.2, 0.25) is 5.43 Å². The second kappa shape index (κ2) is 6.88. The van der Waals surface area contributed by atoms with Crippen LogP contribution < -0.4 is 5.43 Å². The maximum atomic E-state index is 12.8. The Morgan fingerprint density at radius 1 is 1.04 bits per heavy atom. The zero-order valence-electron chi connectivity index (χ0n) is 13.7. The smallest absolute Gasteiger partial charge is 0.343 e. The summed E-state index contributed by atoms with van der Waals surface area (Å²) in [7, 11) is 2.93. The lowest BCUT2D eigenvalue weighted by molar-refractivity contribution is -0.105. The minimum Gasteiger partial charge on any atom is -0.477 e. The van der Waals surface area contributed by atoms with Gasteiger partial charge in [0.05, 0.1) is 10.9 Å². The topological polar surface area (TPSA) is 86.0 Å². The van der Waals surface area contributed by atoms with Gasteiger partial charge in [0, 0.05) is 19.8 Å². The number of ether oxygens (including phenoxy) is 2. The summed E-state index contributed by atoms with van der Waals surface area (Å²) in [6, 6.07) is 13.5. The number of para-hydroxylation sites is 1. The maximum Gasteiger partial charge on any atom is 0.343 e. The number of carboxylic acids is 1. The molecule has 1 N–H and O–H groups in total. The third kappa shape index (κ3) is 2.93. The first-order valence-electron chi connectivity index (χ1n) is 7.52. The summed E-state index contributed by atoms with van der Waals surface area (Å²) >= 11 is 0. The number of aromatic carboxylic acids is 1. The summed E-state index contributed by atoms with van der Waals surface area (Å²) < 4.78 is 16.4. The van der Waals surface area contributed by atoms with Gasteiger partial charge in [0.1, 0.15) is 5.58 Å². The van der Waals surface area contributed by atoms with E-state index in [9.17, 15) is 14.7 Å². The first-order chi connectivity index (χ1) is 12.1. The molecule has 0 radical (unpaired) electrons. The summed E-state index contributed by atoms with van der Waals surface area (Å²) in [6.07, 6.45) is -0.744. The monoisotopic (exact) mass is 340 g/mol. The van der Waals surface area contributed by atoms with Crippen LogP contribution >= 0.6 is 0 Å². The Balaban J connectivity index is 2.42. The fourth-order valence-electron chi connectivity index (χ4n) is 2.76. The van der Waals surface area contributed by atoms with Gasteiger partial charge in [0.15, 0.2) is 17.6 Å². The molecular weight excluding hydrogens is 324 g/mol. The standard InChI is InChI=1S/C19H16O6/c1-23-19(24-2)13-10-6-9-12-15(20)14(18(21)22)16(25-17(12)13)11-7-4-3-5-8-11/h3-10,19H,1-2H3,(H,21,22). The van der Waals surface area contributed by atoms with Crippen molar-refractivity contribution >= 4 is 16.9 Å². The lowest BCUT2D eigenvalue weighted by atomic mass is 10.0. The van der Waals surface area contributed by atoms with Crippen LogP contribution in [0.25, 0.3) is 22.3 Å². The van der Waals surface area contributed by atoms with Gasteiger partial charge in [-0.25, -0.2) is 4.79 Å². The second-order valence-electron chi connectivity index (χ2n) is 5.33. The lowest BCUT2D eigenvalue weighted by Crippen LogP contribution is -2.17. The minimum atomic E-state index is -1.34. The molecule has 25 heavy (non-hydrogen) atoms. The zero-order valence-corrected chi connectivity index (χ0v) is 13.7. The molecule has 6 heteroatoms. The Bertz CT molecular complexity index is 970. The van der Waals surface area contributed by atoms with Crippen molar-refractivity contribution < 1.29 is 23.8 Å². The Morgan fingerprint density at radius 2 is 1.72 bits per heavy atom. The Morgan fingerprint density at radius 3 is 2.32 bits per heavy atom. The van der Waals surface area contributed by atoms with Gasteiger partial charge >= 0.3 is 5.97 Å². The highest BCUT2D eigenvalue weighted by Gasteiger charge is 2.24. The molecule has 0 fully saturated rings. The molecule has 3 aromatic rings. The number of fused-ring (bicyclic) bond motifs is 1. The zero-order chi connectivity index (χ0) is 18.0. The minimum absolute atomic E-state index is 0.00371. The molecule has 128 valence electrons. The predicted octanol–water partition coefficient (Wildman–Crippen LogP) is 3.45. The van der Waals surface area contributed by atoms with Crippen molar-refractivity contribution in [2.45, 2.75) is 6.29 Å². The molecule has 3 rings (SSSR count). The maximum absolute atomic E-state index is 12.8. The highest BCUT2D eigenvalue weighted by molar-refractivity contribution is 5.98. The van der Waals surface area contributed by atoms with Gasteiger partial charge in [-0.2, -0.15) is 0 Å². The van der Waals surface area contributed by atoms with E-state index in [0.717, 1.165) is 0 Å². The summed E-state index contributed by atoms with van der Waals surface area (Å²) in [5, 5.41) is 9.69. The molecule has 0 aliphatic rings. The molecule has 0 saturated heterocycles. The molecule has 0 aliphatic carbocycles. The molecule has 0 saturated carbocycles. The van der Waals surface area contributed by atoms with Crippen LogP contribution in [0.1, 0.15) is 22.2 Å². The van der Waals surface area contributed by atoms with E-state index in [1.165, 1.54) is 20.3 Å². The SMILES string of the molecule is COC(OC)c1cccc2c(=O)c(C(=O)O)c(-c3ccccc3)oc12. The summed E-state index contributed by atoms with van der Waals surface area (Å²) in [5.74, 6) is -1.33. The number of carboxylic acid groups (broad SMARTS) is 1. The Labute approximate surface area is 143 Å². The first-order valence-corrected chi connectivity index (χ1v) is 7.52. The molecule has 0 aliphatic heterocycles. The molecule has 1 aromatic heterocycles. The van der Waals surface area contributed by atoms with Crippen LogP contribution in [-0.4, -0.2) is 25.3 Å². The van der Waals surface area contributed by atoms with E-state index >= 15 is 0 Å². The number of hydrogen-bond acceptors (Lipinski definition) is 5. The van der Waals surface area contributed by atoms with Gasteiger partial charge in [-0.15, -0.1) is 0 Å². The fourth-order valence-corrected chi connectivity index (χ4v) is 2.76. The summed E-state index contributed by atoms with van der Waals surface area (Å²) in [5.41, 5.74) is 0.238. The summed E-state index contributed by atoms with van der Waals surface area (Å²) in [6.45, 7) is 0. The molecular formula is C19H16O6. The predicted molar refractivity (Wildman–Crippen MR) is 91.6 cm³/mol. The second-order valence-corrected chi connectivity index (χ2v) is 5.33. The van der Waals surface area contributed by atoms with Crippen molar-refractivity contribution in [3.05, 3.63) is 69.9 Å². The van der Waals surface area contributed by atoms with E-state index in [1.807, 2.05) is 0 Å².